The van der Waals surface area contributed by atoms with Crippen molar-refractivity contribution in [1.82, 2.24) is 20.0 Å². The molecule has 2 rings (SSSR count). The summed E-state index contributed by atoms with van der Waals surface area (Å²) in [5.74, 6) is 0. The molecule has 1 saturated heterocycles. The minimum atomic E-state index is 0.751. The molecule has 1 N–H and O–H groups in total. The van der Waals surface area contributed by atoms with Gasteiger partial charge in [-0.2, -0.15) is 5.10 Å². The van der Waals surface area contributed by atoms with Gasteiger partial charge in [-0.3, -0.25) is 4.68 Å². The Morgan fingerprint density at radius 2 is 1.95 bits per heavy atom. The fourth-order valence-electron chi connectivity index (χ4n) is 2.84. The van der Waals surface area contributed by atoms with E-state index in [2.05, 4.69) is 33.8 Å². The van der Waals surface area contributed by atoms with Crippen LogP contribution < -0.4 is 5.32 Å². The monoisotopic (exact) mass is 280 g/mol. The maximum absolute atomic E-state index is 5.05. The molecule has 0 atom stereocenters. The molecule has 1 fully saturated rings. The van der Waals surface area contributed by atoms with Crippen molar-refractivity contribution >= 4 is 0 Å². The highest BCUT2D eigenvalue weighted by Gasteiger charge is 2.14. The molecule has 0 unspecified atom stereocenters. The molecule has 0 saturated carbocycles. The zero-order valence-electron chi connectivity index (χ0n) is 13.1. The Labute approximate surface area is 122 Å². The third-order valence-corrected chi connectivity index (χ3v) is 4.14. The number of likely N-dealkylation sites (tertiary alicyclic amines) is 1. The molecule has 1 aromatic rings. The van der Waals surface area contributed by atoms with Crippen LogP contribution in [0.2, 0.25) is 0 Å². The van der Waals surface area contributed by atoms with E-state index in [9.17, 15) is 0 Å². The van der Waals surface area contributed by atoms with E-state index in [1.165, 1.54) is 37.2 Å². The summed E-state index contributed by atoms with van der Waals surface area (Å²) in [5.41, 5.74) is 3.78. The van der Waals surface area contributed by atoms with E-state index in [-0.39, 0.29) is 0 Å². The van der Waals surface area contributed by atoms with Gasteiger partial charge in [0.25, 0.3) is 0 Å². The summed E-state index contributed by atoms with van der Waals surface area (Å²) in [6.45, 7) is 11.4. The Morgan fingerprint density at radius 3 is 2.65 bits per heavy atom. The highest BCUT2D eigenvalue weighted by molar-refractivity contribution is 5.24. The summed E-state index contributed by atoms with van der Waals surface area (Å²) in [6, 6.07) is 0. The molecule has 2 heterocycles. The predicted molar refractivity (Wildman–Crippen MR) is 81.0 cm³/mol. The summed E-state index contributed by atoms with van der Waals surface area (Å²) in [6.07, 6.45) is 2.71. The first-order valence-corrected chi connectivity index (χ1v) is 7.67. The molecular formula is C15H28N4O. The Balaban J connectivity index is 1.86. The van der Waals surface area contributed by atoms with Crippen LogP contribution in [0.25, 0.3) is 0 Å². The number of nitrogens with zero attached hydrogens (tertiary/aromatic N) is 3. The standard InChI is InChI=1S/C15H28N4O/c1-13-15(12-16-6-11-20-3)14(2)19(17-13)10-9-18-7-4-5-8-18/h16H,4-12H2,1-3H3. The van der Waals surface area contributed by atoms with Crippen molar-refractivity contribution in [3.63, 3.8) is 0 Å². The van der Waals surface area contributed by atoms with Gasteiger partial charge < -0.3 is 15.0 Å². The van der Waals surface area contributed by atoms with E-state index < -0.39 is 0 Å². The first-order valence-electron chi connectivity index (χ1n) is 7.67. The first kappa shape index (κ1) is 15.5. The van der Waals surface area contributed by atoms with E-state index in [1.807, 2.05) is 0 Å². The van der Waals surface area contributed by atoms with Crippen LogP contribution in [0.4, 0.5) is 0 Å². The number of aryl methyl sites for hydroxylation is 1. The van der Waals surface area contributed by atoms with E-state index in [1.54, 1.807) is 7.11 Å². The highest BCUT2D eigenvalue weighted by atomic mass is 16.5. The summed E-state index contributed by atoms with van der Waals surface area (Å²) in [7, 11) is 1.73. The number of hydrogen-bond acceptors (Lipinski definition) is 4. The van der Waals surface area contributed by atoms with Gasteiger partial charge in [0.2, 0.25) is 0 Å². The van der Waals surface area contributed by atoms with Crippen LogP contribution in [0.3, 0.4) is 0 Å². The minimum Gasteiger partial charge on any atom is -0.383 e. The van der Waals surface area contributed by atoms with E-state index >= 15 is 0 Å². The summed E-state index contributed by atoms with van der Waals surface area (Å²) >= 11 is 0. The Bertz CT molecular complexity index is 410. The van der Waals surface area contributed by atoms with Gasteiger partial charge in [0.15, 0.2) is 0 Å². The molecule has 5 heteroatoms. The van der Waals surface area contributed by atoms with Crippen LogP contribution in [-0.4, -0.2) is 54.6 Å². The van der Waals surface area contributed by atoms with Crippen LogP contribution in [0.1, 0.15) is 29.8 Å². The fourth-order valence-corrected chi connectivity index (χ4v) is 2.84. The molecule has 0 amide bonds. The normalized spacial score (nSPS) is 16.1. The second-order valence-corrected chi connectivity index (χ2v) is 5.59. The van der Waals surface area contributed by atoms with Crippen molar-refractivity contribution in [3.05, 3.63) is 17.0 Å². The average Bonchev–Trinajstić information content (AvgIpc) is 3.03. The SMILES string of the molecule is COCCNCc1c(C)nn(CCN2CCCC2)c1C. The van der Waals surface area contributed by atoms with Crippen molar-refractivity contribution in [2.75, 3.05) is 39.9 Å². The Kier molecular flexibility index (Phi) is 6.01. The van der Waals surface area contributed by atoms with Crippen LogP contribution >= 0.6 is 0 Å². The van der Waals surface area contributed by atoms with Crippen molar-refractivity contribution in [2.45, 2.75) is 39.8 Å². The topological polar surface area (TPSA) is 42.3 Å². The lowest BCUT2D eigenvalue weighted by atomic mass is 10.2. The minimum absolute atomic E-state index is 0.751. The van der Waals surface area contributed by atoms with Gasteiger partial charge in [0, 0.05) is 38.0 Å². The van der Waals surface area contributed by atoms with Crippen LogP contribution in [0.5, 0.6) is 0 Å². The van der Waals surface area contributed by atoms with Crippen molar-refractivity contribution < 1.29 is 4.74 Å². The largest absolute Gasteiger partial charge is 0.383 e. The molecule has 0 bridgehead atoms. The van der Waals surface area contributed by atoms with Gasteiger partial charge in [-0.15, -0.1) is 0 Å². The van der Waals surface area contributed by atoms with Gasteiger partial charge in [-0.25, -0.2) is 0 Å². The zero-order chi connectivity index (χ0) is 14.4. The number of aromatic nitrogens is 2. The molecule has 5 nitrogen and oxygen atoms in total. The molecule has 20 heavy (non-hydrogen) atoms. The van der Waals surface area contributed by atoms with E-state index in [0.717, 1.165) is 38.5 Å². The first-order chi connectivity index (χ1) is 9.72. The predicted octanol–water partition coefficient (Wildman–Crippen LogP) is 1.33. The molecule has 1 aliphatic heterocycles. The molecule has 0 radical (unpaired) electrons. The number of nitrogens with one attached hydrogen (secondary N) is 1. The van der Waals surface area contributed by atoms with Crippen LogP contribution in [0, 0.1) is 13.8 Å². The molecule has 1 aliphatic rings. The zero-order valence-corrected chi connectivity index (χ0v) is 13.1. The second kappa shape index (κ2) is 7.76. The van der Waals surface area contributed by atoms with Crippen molar-refractivity contribution in [2.24, 2.45) is 0 Å². The van der Waals surface area contributed by atoms with E-state index in [0.29, 0.717) is 0 Å². The molecule has 114 valence electrons. The molecule has 0 aliphatic carbocycles. The molecule has 1 aromatic heterocycles. The third-order valence-electron chi connectivity index (χ3n) is 4.14. The van der Waals surface area contributed by atoms with Gasteiger partial charge in [0.1, 0.15) is 0 Å². The average molecular weight is 280 g/mol. The van der Waals surface area contributed by atoms with Crippen molar-refractivity contribution in [3.8, 4) is 0 Å². The van der Waals surface area contributed by atoms with Crippen molar-refractivity contribution in [1.29, 1.82) is 0 Å². The summed E-state index contributed by atoms with van der Waals surface area (Å²) in [5, 5.41) is 8.09. The fraction of sp³-hybridized carbons (Fsp3) is 0.800. The molecule has 0 aromatic carbocycles. The van der Waals surface area contributed by atoms with Crippen LogP contribution in [0.15, 0.2) is 0 Å². The Hall–Kier alpha value is -0.910. The quantitative estimate of drug-likeness (QED) is 0.730. The lowest BCUT2D eigenvalue weighted by Gasteiger charge is -2.15. The smallest absolute Gasteiger partial charge is 0.0641 e. The number of ether oxygens (including phenoxy) is 1. The maximum atomic E-state index is 5.05. The van der Waals surface area contributed by atoms with Gasteiger partial charge >= 0.3 is 0 Å². The lowest BCUT2D eigenvalue weighted by Crippen LogP contribution is -2.25. The maximum Gasteiger partial charge on any atom is 0.0641 e. The lowest BCUT2D eigenvalue weighted by molar-refractivity contribution is 0.199. The Morgan fingerprint density at radius 1 is 1.20 bits per heavy atom. The van der Waals surface area contributed by atoms with E-state index in [4.69, 9.17) is 4.74 Å². The van der Waals surface area contributed by atoms with Crippen LogP contribution in [-0.2, 0) is 17.8 Å². The van der Waals surface area contributed by atoms with Gasteiger partial charge in [0.05, 0.1) is 18.8 Å². The van der Waals surface area contributed by atoms with Gasteiger partial charge in [-0.05, 0) is 39.8 Å². The summed E-state index contributed by atoms with van der Waals surface area (Å²) < 4.78 is 7.22. The third kappa shape index (κ3) is 4.04. The highest BCUT2D eigenvalue weighted by Crippen LogP contribution is 2.13. The number of methoxy groups -OCH3 is 1. The molecular weight excluding hydrogens is 252 g/mol. The number of hydrogen-bond donors (Lipinski definition) is 1. The molecule has 0 spiro atoms. The summed E-state index contributed by atoms with van der Waals surface area (Å²) in [4.78, 5) is 2.53. The second-order valence-electron chi connectivity index (χ2n) is 5.59. The van der Waals surface area contributed by atoms with Gasteiger partial charge in [-0.1, -0.05) is 0 Å². The number of rotatable bonds is 8.